The van der Waals surface area contributed by atoms with Gasteiger partial charge in [-0.2, -0.15) is 5.10 Å². The first-order chi connectivity index (χ1) is 11.5. The van der Waals surface area contributed by atoms with Crippen LogP contribution >= 0.6 is 23.2 Å². The highest BCUT2D eigenvalue weighted by Crippen LogP contribution is 2.25. The first kappa shape index (κ1) is 17.8. The van der Waals surface area contributed by atoms with Gasteiger partial charge >= 0.3 is 0 Å². The van der Waals surface area contributed by atoms with Crippen LogP contribution < -0.4 is 10.7 Å². The van der Waals surface area contributed by atoms with Crippen molar-refractivity contribution in [1.29, 1.82) is 0 Å². The molecule has 2 aromatic carbocycles. The normalized spacial score (nSPS) is 10.6. The molecule has 0 spiro atoms. The van der Waals surface area contributed by atoms with E-state index in [-0.39, 0.29) is 5.75 Å². The third-order valence-electron chi connectivity index (χ3n) is 2.85. The quantitative estimate of drug-likeness (QED) is 0.431. The molecule has 2 amide bonds. The predicted molar refractivity (Wildman–Crippen MR) is 93.6 cm³/mol. The number of halogens is 2. The maximum absolute atomic E-state index is 11.8. The molecule has 0 atom stereocenters. The Morgan fingerprint density at radius 1 is 1.08 bits per heavy atom. The Labute approximate surface area is 148 Å². The van der Waals surface area contributed by atoms with Crippen LogP contribution in [0.25, 0.3) is 0 Å². The van der Waals surface area contributed by atoms with Crippen LogP contribution in [0.4, 0.5) is 5.69 Å². The lowest BCUT2D eigenvalue weighted by Gasteiger charge is -2.05. The number of anilines is 1. The van der Waals surface area contributed by atoms with Crippen LogP contribution in [0.3, 0.4) is 0 Å². The number of para-hydroxylation sites is 1. The van der Waals surface area contributed by atoms with Crippen molar-refractivity contribution >= 4 is 46.9 Å². The van der Waals surface area contributed by atoms with Crippen molar-refractivity contribution in [1.82, 2.24) is 5.43 Å². The number of carbonyl (C=O) groups is 2. The van der Waals surface area contributed by atoms with Crippen LogP contribution in [0.1, 0.15) is 12.0 Å². The standard InChI is InChI=1S/C16H13Cl2N3O3/c17-12-6-5-11(7-13(12)18)20-15(23)8-16(24)21-19-9-10-3-1-2-4-14(10)22/h1-7,9,22H,8H2,(H,20,23)(H,21,24). The van der Waals surface area contributed by atoms with Crippen molar-refractivity contribution in [3.05, 3.63) is 58.1 Å². The molecule has 0 aliphatic carbocycles. The van der Waals surface area contributed by atoms with Crippen LogP contribution in [0.15, 0.2) is 47.6 Å². The van der Waals surface area contributed by atoms with Gasteiger partial charge in [-0.25, -0.2) is 5.43 Å². The molecule has 3 N–H and O–H groups in total. The Kier molecular flexibility index (Phi) is 6.17. The monoisotopic (exact) mass is 365 g/mol. The average molecular weight is 366 g/mol. The van der Waals surface area contributed by atoms with Gasteiger partial charge in [-0.05, 0) is 30.3 Å². The van der Waals surface area contributed by atoms with E-state index in [0.717, 1.165) is 0 Å². The van der Waals surface area contributed by atoms with E-state index < -0.39 is 18.2 Å². The van der Waals surface area contributed by atoms with Crippen LogP contribution in [0, 0.1) is 0 Å². The van der Waals surface area contributed by atoms with Crippen molar-refractivity contribution in [3.63, 3.8) is 0 Å². The van der Waals surface area contributed by atoms with Gasteiger partial charge in [0, 0.05) is 11.3 Å². The summed E-state index contributed by atoms with van der Waals surface area (Å²) in [5.74, 6) is -1.09. The molecule has 0 saturated carbocycles. The number of hydrogen-bond acceptors (Lipinski definition) is 4. The summed E-state index contributed by atoms with van der Waals surface area (Å²) in [6, 6.07) is 11.1. The highest BCUT2D eigenvalue weighted by atomic mass is 35.5. The van der Waals surface area contributed by atoms with Crippen LogP contribution in [0.2, 0.25) is 10.0 Å². The number of phenolic OH excluding ortho intramolecular Hbond substituents is 1. The van der Waals surface area contributed by atoms with Gasteiger partial charge in [-0.3, -0.25) is 9.59 Å². The zero-order valence-corrected chi connectivity index (χ0v) is 13.8. The molecule has 0 aromatic heterocycles. The van der Waals surface area contributed by atoms with E-state index in [1.165, 1.54) is 24.4 Å². The number of nitrogens with zero attached hydrogens (tertiary/aromatic N) is 1. The summed E-state index contributed by atoms with van der Waals surface area (Å²) in [5, 5.41) is 16.4. The Morgan fingerprint density at radius 2 is 1.83 bits per heavy atom. The van der Waals surface area contributed by atoms with E-state index in [4.69, 9.17) is 23.2 Å². The first-order valence-corrected chi connectivity index (χ1v) is 7.56. The fraction of sp³-hybridized carbons (Fsp3) is 0.0625. The second-order valence-electron chi connectivity index (χ2n) is 4.71. The summed E-state index contributed by atoms with van der Waals surface area (Å²) in [5.41, 5.74) is 3.08. The molecule has 0 radical (unpaired) electrons. The van der Waals surface area contributed by atoms with Gasteiger partial charge in [-0.1, -0.05) is 35.3 Å². The lowest BCUT2D eigenvalue weighted by atomic mass is 10.2. The van der Waals surface area contributed by atoms with Crippen molar-refractivity contribution in [2.75, 3.05) is 5.32 Å². The second-order valence-corrected chi connectivity index (χ2v) is 5.52. The number of aromatic hydroxyl groups is 1. The summed E-state index contributed by atoms with van der Waals surface area (Å²) in [6.07, 6.45) is 0.864. The third-order valence-corrected chi connectivity index (χ3v) is 3.59. The molecule has 0 unspecified atom stereocenters. The third kappa shape index (κ3) is 5.26. The summed E-state index contributed by atoms with van der Waals surface area (Å²) in [7, 11) is 0. The van der Waals surface area contributed by atoms with Gasteiger partial charge in [0.25, 0.3) is 0 Å². The highest BCUT2D eigenvalue weighted by molar-refractivity contribution is 6.42. The maximum atomic E-state index is 11.8. The van der Waals surface area contributed by atoms with Crippen LogP contribution in [0.5, 0.6) is 5.75 Å². The molecule has 0 aliphatic rings. The Bertz CT molecular complexity index is 794. The summed E-state index contributed by atoms with van der Waals surface area (Å²) >= 11 is 11.6. The minimum absolute atomic E-state index is 0.0351. The van der Waals surface area contributed by atoms with Crippen molar-refractivity contribution in [2.24, 2.45) is 5.10 Å². The van der Waals surface area contributed by atoms with Crippen LogP contribution in [-0.4, -0.2) is 23.1 Å². The van der Waals surface area contributed by atoms with E-state index in [1.54, 1.807) is 24.3 Å². The summed E-state index contributed by atoms with van der Waals surface area (Å²) in [6.45, 7) is 0. The first-order valence-electron chi connectivity index (χ1n) is 6.80. The topological polar surface area (TPSA) is 90.8 Å². The number of rotatable bonds is 5. The lowest BCUT2D eigenvalue weighted by Crippen LogP contribution is -2.24. The average Bonchev–Trinajstić information content (AvgIpc) is 2.52. The molecule has 0 heterocycles. The van der Waals surface area contributed by atoms with Gasteiger partial charge in [0.05, 0.1) is 16.3 Å². The van der Waals surface area contributed by atoms with Crippen molar-refractivity contribution in [3.8, 4) is 5.75 Å². The number of hydrazone groups is 1. The number of carbonyl (C=O) groups excluding carboxylic acids is 2. The fourth-order valence-corrected chi connectivity index (χ4v) is 2.03. The van der Waals surface area contributed by atoms with Gasteiger partial charge in [0.15, 0.2) is 0 Å². The number of benzene rings is 2. The largest absolute Gasteiger partial charge is 0.507 e. The molecule has 0 fully saturated rings. The van der Waals surface area contributed by atoms with Crippen molar-refractivity contribution < 1.29 is 14.7 Å². The van der Waals surface area contributed by atoms with Crippen molar-refractivity contribution in [2.45, 2.75) is 6.42 Å². The molecule has 24 heavy (non-hydrogen) atoms. The second kappa shape index (κ2) is 8.33. The zero-order valence-electron chi connectivity index (χ0n) is 12.3. The molecular weight excluding hydrogens is 353 g/mol. The van der Waals surface area contributed by atoms with Gasteiger partial charge in [0.2, 0.25) is 11.8 Å². The van der Waals surface area contributed by atoms with E-state index in [9.17, 15) is 14.7 Å². The van der Waals surface area contributed by atoms with E-state index in [2.05, 4.69) is 15.8 Å². The van der Waals surface area contributed by atoms with Gasteiger partial charge in [-0.15, -0.1) is 0 Å². The summed E-state index contributed by atoms with van der Waals surface area (Å²) < 4.78 is 0. The Balaban J connectivity index is 1.84. The highest BCUT2D eigenvalue weighted by Gasteiger charge is 2.10. The van der Waals surface area contributed by atoms with Gasteiger partial charge in [0.1, 0.15) is 12.2 Å². The minimum Gasteiger partial charge on any atom is -0.507 e. The predicted octanol–water partition coefficient (Wildman–Crippen LogP) is 3.18. The lowest BCUT2D eigenvalue weighted by molar-refractivity contribution is -0.126. The molecule has 2 aromatic rings. The zero-order chi connectivity index (χ0) is 17.5. The maximum Gasteiger partial charge on any atom is 0.249 e. The fourth-order valence-electron chi connectivity index (χ4n) is 1.73. The smallest absolute Gasteiger partial charge is 0.249 e. The molecule has 8 heteroatoms. The molecule has 124 valence electrons. The number of phenols is 1. The Hall–Kier alpha value is -2.57. The molecule has 6 nitrogen and oxygen atoms in total. The van der Waals surface area contributed by atoms with E-state index >= 15 is 0 Å². The number of amides is 2. The molecule has 0 saturated heterocycles. The summed E-state index contributed by atoms with van der Waals surface area (Å²) in [4.78, 5) is 23.4. The van der Waals surface area contributed by atoms with E-state index in [0.29, 0.717) is 21.3 Å². The van der Waals surface area contributed by atoms with Gasteiger partial charge < -0.3 is 10.4 Å². The molecule has 2 rings (SSSR count). The molecule has 0 aliphatic heterocycles. The number of hydrogen-bond donors (Lipinski definition) is 3. The van der Waals surface area contributed by atoms with E-state index in [1.807, 2.05) is 0 Å². The van der Waals surface area contributed by atoms with Crippen LogP contribution in [-0.2, 0) is 9.59 Å². The SMILES string of the molecule is O=C(CC(=O)Nc1ccc(Cl)c(Cl)c1)NN=Cc1ccccc1O. The molecule has 0 bridgehead atoms. The number of nitrogens with one attached hydrogen (secondary N) is 2. The Morgan fingerprint density at radius 3 is 2.54 bits per heavy atom. The minimum atomic E-state index is -0.598. The molecular formula is C16H13Cl2N3O3.